The van der Waals surface area contributed by atoms with Gasteiger partial charge in [0.2, 0.25) is 5.95 Å². The van der Waals surface area contributed by atoms with Gasteiger partial charge in [0.25, 0.3) is 0 Å². The minimum atomic E-state index is -0.962. The second-order valence-electron chi connectivity index (χ2n) is 9.58. The van der Waals surface area contributed by atoms with E-state index in [1.165, 1.54) is 4.90 Å². The Hall–Kier alpha value is -4.14. The molecule has 0 unspecified atom stereocenters. The third kappa shape index (κ3) is 5.21. The number of pyridine rings is 1. The molecule has 4 aromatic rings. The molecule has 0 atom stereocenters. The van der Waals surface area contributed by atoms with Gasteiger partial charge in [-0.05, 0) is 62.2 Å². The van der Waals surface area contributed by atoms with Crippen LogP contribution in [0.2, 0.25) is 0 Å². The van der Waals surface area contributed by atoms with Gasteiger partial charge in [0.05, 0.1) is 11.7 Å². The number of amides is 1. The van der Waals surface area contributed by atoms with Gasteiger partial charge in [-0.3, -0.25) is 4.90 Å². The number of aryl methyl sites for hydroxylation is 1. The summed E-state index contributed by atoms with van der Waals surface area (Å²) in [5.74, 6) is 2.31. The van der Waals surface area contributed by atoms with Crippen LogP contribution in [-0.2, 0) is 6.42 Å². The number of ether oxygens (including phenoxy) is 1. The van der Waals surface area contributed by atoms with E-state index in [2.05, 4.69) is 26.8 Å². The van der Waals surface area contributed by atoms with Crippen molar-refractivity contribution in [3.63, 3.8) is 0 Å². The van der Waals surface area contributed by atoms with Crippen LogP contribution in [0.3, 0.4) is 0 Å². The highest BCUT2D eigenvalue weighted by molar-refractivity contribution is 5.92. The molecule has 5 rings (SSSR count). The van der Waals surface area contributed by atoms with Gasteiger partial charge in [-0.15, -0.1) is 0 Å². The number of carbonyl (C=O) groups is 1. The Morgan fingerprint density at radius 3 is 2.46 bits per heavy atom. The van der Waals surface area contributed by atoms with E-state index in [1.54, 1.807) is 6.20 Å². The first kappa shape index (κ1) is 24.5. The number of nitrogens with zero attached hydrogens (tertiary/aromatic N) is 6. The zero-order valence-electron chi connectivity index (χ0n) is 21.4. The minimum Gasteiger partial charge on any atom is -0.489 e. The van der Waals surface area contributed by atoms with Crippen molar-refractivity contribution in [2.75, 3.05) is 22.9 Å². The number of benzene rings is 1. The molecule has 3 aromatic heterocycles. The topological polar surface area (TPSA) is 96.6 Å². The average molecular weight is 501 g/mol. The molecule has 1 N–H and O–H groups in total. The number of rotatable bonds is 7. The first-order valence-corrected chi connectivity index (χ1v) is 12.7. The monoisotopic (exact) mass is 500 g/mol. The summed E-state index contributed by atoms with van der Waals surface area (Å²) >= 11 is 0. The lowest BCUT2D eigenvalue weighted by Gasteiger charge is -2.32. The largest absolute Gasteiger partial charge is 0.489 e. The zero-order valence-corrected chi connectivity index (χ0v) is 21.4. The SMILES string of the molecule is CCc1cnc(N2CCC(Oc3ccc(-n4ccc5cc(N(C(=O)O)C(C)C)ccc54)nc3)CC2)nc1. The summed E-state index contributed by atoms with van der Waals surface area (Å²) in [6.07, 6.45) is 9.42. The van der Waals surface area contributed by atoms with Crippen molar-refractivity contribution in [1.29, 1.82) is 0 Å². The standard InChI is InChI=1S/C28H32N6O3/c1-4-20-16-30-27(31-17-20)32-12-10-23(11-13-32)37-24-6-8-26(29-18-24)33-14-9-21-15-22(5-7-25(21)33)34(19(2)3)28(35)36/h5-9,14-19,23H,4,10-13H2,1-3H3,(H,35,36). The maximum atomic E-state index is 11.7. The number of fused-ring (bicyclic) bond motifs is 1. The molecule has 1 aliphatic rings. The van der Waals surface area contributed by atoms with Crippen molar-refractivity contribution >= 4 is 28.6 Å². The highest BCUT2D eigenvalue weighted by Gasteiger charge is 2.23. The fourth-order valence-electron chi connectivity index (χ4n) is 4.75. The van der Waals surface area contributed by atoms with Crippen LogP contribution in [0.5, 0.6) is 5.75 Å². The summed E-state index contributed by atoms with van der Waals surface area (Å²) in [5.41, 5.74) is 2.76. The molecule has 1 aromatic carbocycles. The van der Waals surface area contributed by atoms with E-state index in [1.807, 2.05) is 73.4 Å². The van der Waals surface area contributed by atoms with Crippen molar-refractivity contribution in [1.82, 2.24) is 19.5 Å². The molecule has 4 heterocycles. The van der Waals surface area contributed by atoms with Gasteiger partial charge in [0, 0.05) is 61.6 Å². The Balaban J connectivity index is 1.23. The van der Waals surface area contributed by atoms with Crippen molar-refractivity contribution in [3.05, 3.63) is 66.7 Å². The molecule has 1 aliphatic heterocycles. The fraction of sp³-hybridized carbons (Fsp3) is 0.357. The lowest BCUT2D eigenvalue weighted by molar-refractivity contribution is 0.170. The van der Waals surface area contributed by atoms with Crippen molar-refractivity contribution < 1.29 is 14.6 Å². The number of hydrogen-bond acceptors (Lipinski definition) is 6. The smallest absolute Gasteiger partial charge is 0.412 e. The van der Waals surface area contributed by atoms with E-state index >= 15 is 0 Å². The summed E-state index contributed by atoms with van der Waals surface area (Å²) in [6, 6.07) is 11.4. The molecule has 0 bridgehead atoms. The Labute approximate surface area is 216 Å². The number of piperidine rings is 1. The predicted molar refractivity (Wildman–Crippen MR) is 144 cm³/mol. The van der Waals surface area contributed by atoms with E-state index in [-0.39, 0.29) is 12.1 Å². The van der Waals surface area contributed by atoms with Crippen molar-refractivity contribution in [3.8, 4) is 11.6 Å². The maximum absolute atomic E-state index is 11.7. The van der Waals surface area contributed by atoms with Crippen LogP contribution in [-0.4, -0.2) is 56.0 Å². The number of anilines is 2. The van der Waals surface area contributed by atoms with Gasteiger partial charge in [0.1, 0.15) is 17.7 Å². The summed E-state index contributed by atoms with van der Waals surface area (Å²) in [4.78, 5) is 28.9. The highest BCUT2D eigenvalue weighted by Crippen LogP contribution is 2.27. The van der Waals surface area contributed by atoms with Crippen LogP contribution in [0.4, 0.5) is 16.4 Å². The number of aromatic nitrogens is 4. The van der Waals surface area contributed by atoms with Crippen LogP contribution < -0.4 is 14.5 Å². The van der Waals surface area contributed by atoms with Gasteiger partial charge >= 0.3 is 6.09 Å². The Morgan fingerprint density at radius 2 is 1.84 bits per heavy atom. The molecular weight excluding hydrogens is 468 g/mol. The molecule has 1 fully saturated rings. The number of carboxylic acid groups (broad SMARTS) is 1. The maximum Gasteiger partial charge on any atom is 0.412 e. The third-order valence-corrected chi connectivity index (χ3v) is 6.77. The Morgan fingerprint density at radius 1 is 1.08 bits per heavy atom. The zero-order chi connectivity index (χ0) is 25.9. The third-order valence-electron chi connectivity index (χ3n) is 6.77. The molecule has 9 heteroatoms. The lowest BCUT2D eigenvalue weighted by Crippen LogP contribution is -2.39. The van der Waals surface area contributed by atoms with Crippen LogP contribution in [0.15, 0.2) is 61.2 Å². The van der Waals surface area contributed by atoms with E-state index in [9.17, 15) is 9.90 Å². The van der Waals surface area contributed by atoms with Gasteiger partial charge in [-0.25, -0.2) is 19.7 Å². The molecular formula is C28H32N6O3. The summed E-state index contributed by atoms with van der Waals surface area (Å²) in [6.45, 7) is 7.53. The van der Waals surface area contributed by atoms with Crippen LogP contribution in [0, 0.1) is 0 Å². The second kappa shape index (κ2) is 10.5. The van der Waals surface area contributed by atoms with Crippen LogP contribution >= 0.6 is 0 Å². The fourth-order valence-corrected chi connectivity index (χ4v) is 4.75. The molecule has 0 aliphatic carbocycles. The van der Waals surface area contributed by atoms with Crippen LogP contribution in [0.25, 0.3) is 16.7 Å². The van der Waals surface area contributed by atoms with E-state index in [0.29, 0.717) is 5.69 Å². The Bertz CT molecular complexity index is 1360. The normalized spacial score (nSPS) is 14.3. The summed E-state index contributed by atoms with van der Waals surface area (Å²) in [5, 5.41) is 10.5. The first-order valence-electron chi connectivity index (χ1n) is 12.7. The first-order chi connectivity index (χ1) is 17.9. The number of hydrogen-bond donors (Lipinski definition) is 1. The molecule has 1 saturated heterocycles. The lowest BCUT2D eigenvalue weighted by atomic mass is 10.1. The predicted octanol–water partition coefficient (Wildman–Crippen LogP) is 5.32. The van der Waals surface area contributed by atoms with Gasteiger partial charge < -0.3 is 19.3 Å². The highest BCUT2D eigenvalue weighted by atomic mass is 16.5. The molecule has 9 nitrogen and oxygen atoms in total. The quantitative estimate of drug-likeness (QED) is 0.367. The van der Waals surface area contributed by atoms with E-state index in [4.69, 9.17) is 4.74 Å². The van der Waals surface area contributed by atoms with E-state index in [0.717, 1.165) is 66.3 Å². The van der Waals surface area contributed by atoms with Crippen molar-refractivity contribution in [2.45, 2.75) is 52.2 Å². The van der Waals surface area contributed by atoms with Gasteiger partial charge in [-0.1, -0.05) is 6.92 Å². The van der Waals surface area contributed by atoms with Gasteiger partial charge in [0.15, 0.2) is 0 Å². The second-order valence-corrected chi connectivity index (χ2v) is 9.58. The molecule has 0 saturated carbocycles. The van der Waals surface area contributed by atoms with E-state index < -0.39 is 6.09 Å². The molecule has 192 valence electrons. The molecule has 1 amide bonds. The van der Waals surface area contributed by atoms with Crippen LogP contribution in [0.1, 0.15) is 39.2 Å². The van der Waals surface area contributed by atoms with Crippen molar-refractivity contribution in [2.24, 2.45) is 0 Å². The Kier molecular flexibility index (Phi) is 6.94. The molecule has 0 spiro atoms. The molecule has 0 radical (unpaired) electrons. The average Bonchev–Trinajstić information content (AvgIpc) is 3.33. The van der Waals surface area contributed by atoms with Gasteiger partial charge in [-0.2, -0.15) is 0 Å². The summed E-state index contributed by atoms with van der Waals surface area (Å²) < 4.78 is 8.21. The molecule has 37 heavy (non-hydrogen) atoms. The summed E-state index contributed by atoms with van der Waals surface area (Å²) in [7, 11) is 0. The minimum absolute atomic E-state index is 0.128.